The minimum Gasteiger partial charge on any atom is -0.444 e. The van der Waals surface area contributed by atoms with Crippen LogP contribution in [0.1, 0.15) is 26.3 Å². The summed E-state index contributed by atoms with van der Waals surface area (Å²) in [6, 6.07) is 7.83. The van der Waals surface area contributed by atoms with E-state index in [0.717, 1.165) is 5.56 Å². The Morgan fingerprint density at radius 3 is 2.62 bits per heavy atom. The van der Waals surface area contributed by atoms with Gasteiger partial charge in [-0.15, -0.1) is 0 Å². The lowest BCUT2D eigenvalue weighted by Gasteiger charge is -2.26. The summed E-state index contributed by atoms with van der Waals surface area (Å²) in [5, 5.41) is 0.704. The van der Waals surface area contributed by atoms with Crippen molar-refractivity contribution in [1.29, 1.82) is 0 Å². The zero-order chi connectivity index (χ0) is 17.5. The molecular formula is C18H23ClN2O3. The number of piperidine rings is 1. The van der Waals surface area contributed by atoms with Gasteiger partial charge in [-0.1, -0.05) is 23.7 Å². The summed E-state index contributed by atoms with van der Waals surface area (Å²) in [6.45, 7) is 6.89. The van der Waals surface area contributed by atoms with E-state index in [1.165, 1.54) is 5.57 Å². The molecule has 1 aliphatic carbocycles. The number of carbonyl (C=O) groups excluding carboxylic acids is 1. The summed E-state index contributed by atoms with van der Waals surface area (Å²) in [6.07, 6.45) is 1.63. The lowest BCUT2D eigenvalue weighted by molar-refractivity contribution is 0.0277. The molecule has 1 saturated carbocycles. The third-order valence-electron chi connectivity index (χ3n) is 4.59. The highest BCUT2D eigenvalue weighted by Crippen LogP contribution is 2.63. The molecule has 1 aliphatic heterocycles. The van der Waals surface area contributed by atoms with Gasteiger partial charge in [0.2, 0.25) is 0 Å². The van der Waals surface area contributed by atoms with Crippen LogP contribution in [0.4, 0.5) is 4.79 Å². The molecule has 1 aromatic rings. The number of hydrogen-bond donors (Lipinski definition) is 1. The van der Waals surface area contributed by atoms with E-state index in [0.29, 0.717) is 18.1 Å². The first-order valence-electron chi connectivity index (χ1n) is 8.01. The molecule has 2 unspecified atom stereocenters. The first-order chi connectivity index (χ1) is 11.3. The highest BCUT2D eigenvalue weighted by atomic mass is 35.5. The third-order valence-corrected chi connectivity index (χ3v) is 4.84. The number of likely N-dealkylation sites (tertiary alicyclic amines) is 1. The summed E-state index contributed by atoms with van der Waals surface area (Å²) in [7, 11) is 1.58. The number of rotatable bonds is 3. The Labute approximate surface area is 147 Å². The van der Waals surface area contributed by atoms with E-state index in [2.05, 4.69) is 5.48 Å². The molecule has 0 radical (unpaired) electrons. The van der Waals surface area contributed by atoms with Crippen LogP contribution in [0, 0.1) is 5.92 Å². The number of carbonyl (C=O) groups is 1. The number of hydrogen-bond acceptors (Lipinski definition) is 4. The van der Waals surface area contributed by atoms with Crippen molar-refractivity contribution in [2.45, 2.75) is 31.8 Å². The molecule has 1 heterocycles. The summed E-state index contributed by atoms with van der Waals surface area (Å²) in [5.74, 6) is 0.272. The maximum Gasteiger partial charge on any atom is 0.410 e. The summed E-state index contributed by atoms with van der Waals surface area (Å²) in [5.41, 5.74) is 4.54. The van der Waals surface area contributed by atoms with Crippen molar-refractivity contribution >= 4 is 17.7 Å². The minimum atomic E-state index is -0.492. The molecule has 130 valence electrons. The molecule has 0 bridgehead atoms. The van der Waals surface area contributed by atoms with Gasteiger partial charge in [0.25, 0.3) is 0 Å². The van der Waals surface area contributed by atoms with Gasteiger partial charge in [-0.2, -0.15) is 0 Å². The Morgan fingerprint density at radius 2 is 2.04 bits per heavy atom. The van der Waals surface area contributed by atoms with E-state index in [-0.39, 0.29) is 17.4 Å². The summed E-state index contributed by atoms with van der Waals surface area (Å²) in [4.78, 5) is 19.1. The van der Waals surface area contributed by atoms with Crippen LogP contribution in [0.2, 0.25) is 5.02 Å². The van der Waals surface area contributed by atoms with E-state index >= 15 is 0 Å². The van der Waals surface area contributed by atoms with Gasteiger partial charge < -0.3 is 9.64 Å². The molecule has 1 amide bonds. The molecule has 1 aromatic carbocycles. The molecule has 0 spiro atoms. The third kappa shape index (κ3) is 2.98. The topological polar surface area (TPSA) is 50.8 Å². The fraction of sp³-hybridized carbons (Fsp3) is 0.500. The second kappa shape index (κ2) is 5.97. The quantitative estimate of drug-likeness (QED) is 0.848. The van der Waals surface area contributed by atoms with Gasteiger partial charge in [-0.05, 0) is 44.0 Å². The maximum absolute atomic E-state index is 12.4. The molecule has 5 nitrogen and oxygen atoms in total. The van der Waals surface area contributed by atoms with Gasteiger partial charge in [0, 0.05) is 35.6 Å². The van der Waals surface area contributed by atoms with Gasteiger partial charge in [0.15, 0.2) is 0 Å². The van der Waals surface area contributed by atoms with Gasteiger partial charge in [0.05, 0.1) is 7.11 Å². The predicted molar refractivity (Wildman–Crippen MR) is 92.7 cm³/mol. The van der Waals surface area contributed by atoms with Crippen molar-refractivity contribution in [3.05, 3.63) is 46.6 Å². The normalized spacial score (nSPS) is 27.1. The second-order valence-electron chi connectivity index (χ2n) is 7.31. The van der Waals surface area contributed by atoms with Gasteiger partial charge >= 0.3 is 6.09 Å². The first-order valence-corrected chi connectivity index (χ1v) is 8.39. The number of ether oxygens (including phenoxy) is 1. The van der Waals surface area contributed by atoms with E-state index in [4.69, 9.17) is 21.2 Å². The van der Waals surface area contributed by atoms with Crippen molar-refractivity contribution in [3.8, 4) is 0 Å². The van der Waals surface area contributed by atoms with E-state index < -0.39 is 5.60 Å². The SMILES string of the molecule is CONC=C1C2CN(C(=O)OC(C)(C)C)CC12c1ccc(Cl)cc1. The fourth-order valence-corrected chi connectivity index (χ4v) is 3.66. The Kier molecular flexibility index (Phi) is 4.26. The van der Waals surface area contributed by atoms with Crippen molar-refractivity contribution in [2.24, 2.45) is 5.92 Å². The van der Waals surface area contributed by atoms with Crippen molar-refractivity contribution in [2.75, 3.05) is 20.2 Å². The molecule has 24 heavy (non-hydrogen) atoms. The Bertz CT molecular complexity index is 666. The Balaban J connectivity index is 1.84. The summed E-state index contributed by atoms with van der Waals surface area (Å²) >= 11 is 6.02. The van der Waals surface area contributed by atoms with Crippen LogP contribution in [0.15, 0.2) is 36.0 Å². The van der Waals surface area contributed by atoms with Crippen molar-refractivity contribution < 1.29 is 14.4 Å². The van der Waals surface area contributed by atoms with Gasteiger partial charge in [0.1, 0.15) is 5.60 Å². The number of nitrogens with one attached hydrogen (secondary N) is 1. The Hall–Kier alpha value is -1.72. The number of benzene rings is 1. The molecule has 1 N–H and O–H groups in total. The first kappa shape index (κ1) is 17.1. The minimum absolute atomic E-state index is 0.174. The van der Waals surface area contributed by atoms with E-state index in [1.54, 1.807) is 12.0 Å². The molecule has 0 aromatic heterocycles. The lowest BCUT2D eigenvalue weighted by Crippen LogP contribution is -2.38. The molecule has 3 rings (SSSR count). The highest BCUT2D eigenvalue weighted by Gasteiger charge is 2.66. The monoisotopic (exact) mass is 350 g/mol. The van der Waals surface area contributed by atoms with E-state index in [9.17, 15) is 4.79 Å². The molecular weight excluding hydrogens is 328 g/mol. The van der Waals surface area contributed by atoms with Crippen LogP contribution in [0.5, 0.6) is 0 Å². The largest absolute Gasteiger partial charge is 0.444 e. The zero-order valence-electron chi connectivity index (χ0n) is 14.4. The second-order valence-corrected chi connectivity index (χ2v) is 7.75. The number of amides is 1. The number of halogens is 1. The van der Waals surface area contributed by atoms with Crippen LogP contribution in [-0.2, 0) is 15.0 Å². The standard InChI is InChI=1S/C18H23ClN2O3/c1-17(2,3)24-16(22)21-10-15-14(9-20-23-4)18(15,11-21)12-5-7-13(19)8-6-12/h5-9,15,20H,10-11H2,1-4H3. The molecule has 1 saturated heterocycles. The van der Waals surface area contributed by atoms with Gasteiger partial charge in [-0.25, -0.2) is 4.79 Å². The average Bonchev–Trinajstić information content (AvgIpc) is 2.90. The van der Waals surface area contributed by atoms with Crippen molar-refractivity contribution in [3.63, 3.8) is 0 Å². The summed E-state index contributed by atoms with van der Waals surface area (Å²) < 4.78 is 5.51. The fourth-order valence-electron chi connectivity index (χ4n) is 3.54. The van der Waals surface area contributed by atoms with Crippen LogP contribution in [0.3, 0.4) is 0 Å². The number of hydroxylamine groups is 1. The molecule has 6 heteroatoms. The van der Waals surface area contributed by atoms with E-state index in [1.807, 2.05) is 51.2 Å². The smallest absolute Gasteiger partial charge is 0.410 e. The van der Waals surface area contributed by atoms with Crippen molar-refractivity contribution in [1.82, 2.24) is 10.4 Å². The predicted octanol–water partition coefficient (Wildman–Crippen LogP) is 3.49. The lowest BCUT2D eigenvalue weighted by atomic mass is 9.94. The molecule has 2 atom stereocenters. The van der Waals surface area contributed by atoms with Crippen LogP contribution in [0.25, 0.3) is 0 Å². The maximum atomic E-state index is 12.4. The number of fused-ring (bicyclic) bond motifs is 1. The highest BCUT2D eigenvalue weighted by molar-refractivity contribution is 6.30. The average molecular weight is 351 g/mol. The van der Waals surface area contributed by atoms with Crippen LogP contribution >= 0.6 is 11.6 Å². The Morgan fingerprint density at radius 1 is 1.38 bits per heavy atom. The number of nitrogens with zero attached hydrogens (tertiary/aromatic N) is 1. The van der Waals surface area contributed by atoms with Crippen LogP contribution < -0.4 is 5.48 Å². The van der Waals surface area contributed by atoms with Gasteiger partial charge in [-0.3, -0.25) is 10.3 Å². The molecule has 2 aliphatic rings. The molecule has 2 fully saturated rings. The van der Waals surface area contributed by atoms with Crippen LogP contribution in [-0.4, -0.2) is 36.8 Å². The zero-order valence-corrected chi connectivity index (χ0v) is 15.2.